The maximum atomic E-state index is 12.5. The van der Waals surface area contributed by atoms with Crippen LogP contribution in [0.3, 0.4) is 0 Å². The van der Waals surface area contributed by atoms with E-state index in [0.717, 1.165) is 23.2 Å². The molecule has 1 atom stereocenters. The molecular formula is C24H27N3OS. The maximum Gasteiger partial charge on any atom is 0.264 e. The van der Waals surface area contributed by atoms with Gasteiger partial charge in [0.25, 0.3) is 5.91 Å². The fourth-order valence-corrected chi connectivity index (χ4v) is 4.95. The molecule has 0 saturated carbocycles. The van der Waals surface area contributed by atoms with Crippen LogP contribution in [0.5, 0.6) is 0 Å². The number of thioether (sulfide) groups is 1. The van der Waals surface area contributed by atoms with Crippen molar-refractivity contribution in [3.63, 3.8) is 0 Å². The molecule has 2 aromatic carbocycles. The van der Waals surface area contributed by atoms with Crippen LogP contribution in [0.1, 0.15) is 49.8 Å². The molecule has 0 bridgehead atoms. The molecule has 2 aliphatic heterocycles. The van der Waals surface area contributed by atoms with Crippen LogP contribution in [0.4, 0.5) is 11.4 Å². The summed E-state index contributed by atoms with van der Waals surface area (Å²) in [6, 6.07) is 14.4. The van der Waals surface area contributed by atoms with E-state index >= 15 is 0 Å². The average molecular weight is 406 g/mol. The number of fused-ring (bicyclic) bond motifs is 1. The summed E-state index contributed by atoms with van der Waals surface area (Å²) in [5.74, 6) is 0.393. The van der Waals surface area contributed by atoms with E-state index in [0.29, 0.717) is 16.0 Å². The molecule has 0 radical (unpaired) electrons. The third-order valence-electron chi connectivity index (χ3n) is 5.94. The Morgan fingerprint density at radius 3 is 2.76 bits per heavy atom. The Balaban J connectivity index is 1.61. The minimum absolute atomic E-state index is 0.0913. The van der Waals surface area contributed by atoms with Gasteiger partial charge in [0.05, 0.1) is 10.6 Å². The predicted octanol–water partition coefficient (Wildman–Crippen LogP) is 5.61. The smallest absolute Gasteiger partial charge is 0.264 e. The molecule has 1 unspecified atom stereocenters. The summed E-state index contributed by atoms with van der Waals surface area (Å²) < 4.78 is 0. The topological polar surface area (TPSA) is 44.7 Å². The van der Waals surface area contributed by atoms with Crippen molar-refractivity contribution in [1.29, 1.82) is 0 Å². The molecule has 1 saturated heterocycles. The molecule has 0 aromatic heterocycles. The SMILES string of the molecule is Cc1ccccc1N=C1NC(=O)/C(=C/c2ccc3c(c2)C(C)CC(C)(C)N3C)S1. The summed E-state index contributed by atoms with van der Waals surface area (Å²) >= 11 is 1.40. The van der Waals surface area contributed by atoms with Gasteiger partial charge in [0.2, 0.25) is 0 Å². The first-order chi connectivity index (χ1) is 13.7. The van der Waals surface area contributed by atoms with E-state index in [1.165, 1.54) is 23.0 Å². The number of hydrogen-bond acceptors (Lipinski definition) is 4. The lowest BCUT2D eigenvalue weighted by Gasteiger charge is -2.45. The highest BCUT2D eigenvalue weighted by Crippen LogP contribution is 2.43. The molecule has 29 heavy (non-hydrogen) atoms. The van der Waals surface area contributed by atoms with Gasteiger partial charge < -0.3 is 10.2 Å². The zero-order valence-electron chi connectivity index (χ0n) is 17.6. The molecule has 0 spiro atoms. The lowest BCUT2D eigenvalue weighted by atomic mass is 9.80. The van der Waals surface area contributed by atoms with Crippen LogP contribution in [0.25, 0.3) is 6.08 Å². The van der Waals surface area contributed by atoms with Crippen LogP contribution in [-0.2, 0) is 4.79 Å². The number of aryl methyl sites for hydroxylation is 1. The molecule has 0 aliphatic carbocycles. The van der Waals surface area contributed by atoms with Crippen molar-refractivity contribution in [2.75, 3.05) is 11.9 Å². The second-order valence-corrected chi connectivity index (χ2v) is 9.59. The molecule has 1 N–H and O–H groups in total. The second-order valence-electron chi connectivity index (χ2n) is 8.56. The fraction of sp³-hybridized carbons (Fsp3) is 0.333. The van der Waals surface area contributed by atoms with Crippen molar-refractivity contribution in [2.45, 2.75) is 45.6 Å². The molecule has 1 amide bonds. The zero-order valence-corrected chi connectivity index (χ0v) is 18.4. The molecule has 5 heteroatoms. The van der Waals surface area contributed by atoms with Gasteiger partial charge in [0.15, 0.2) is 5.17 Å². The van der Waals surface area contributed by atoms with Crippen LogP contribution in [0.15, 0.2) is 52.4 Å². The van der Waals surface area contributed by atoms with Crippen LogP contribution in [0.2, 0.25) is 0 Å². The van der Waals surface area contributed by atoms with Crippen LogP contribution in [0, 0.1) is 6.92 Å². The minimum atomic E-state index is -0.0913. The number of nitrogens with zero attached hydrogens (tertiary/aromatic N) is 2. The Labute approximate surface area is 177 Å². The highest BCUT2D eigenvalue weighted by molar-refractivity contribution is 8.18. The number of amides is 1. The van der Waals surface area contributed by atoms with Crippen molar-refractivity contribution in [3.8, 4) is 0 Å². The molecular weight excluding hydrogens is 378 g/mol. The molecule has 2 heterocycles. The van der Waals surface area contributed by atoms with E-state index in [1.807, 2.05) is 37.3 Å². The number of carbonyl (C=O) groups excluding carboxylic acids is 1. The third kappa shape index (κ3) is 3.84. The number of benzene rings is 2. The number of rotatable bonds is 2. The number of hydrogen-bond donors (Lipinski definition) is 1. The van der Waals surface area contributed by atoms with E-state index in [4.69, 9.17) is 0 Å². The summed E-state index contributed by atoms with van der Waals surface area (Å²) in [6.45, 7) is 8.88. The number of para-hydroxylation sites is 1. The summed E-state index contributed by atoms with van der Waals surface area (Å²) in [7, 11) is 2.16. The number of carbonyl (C=O) groups is 1. The Kier molecular flexibility index (Phi) is 5.03. The van der Waals surface area contributed by atoms with E-state index < -0.39 is 0 Å². The maximum absolute atomic E-state index is 12.5. The number of anilines is 1. The summed E-state index contributed by atoms with van der Waals surface area (Å²) in [5.41, 5.74) is 5.79. The first kappa shape index (κ1) is 19.8. The van der Waals surface area contributed by atoms with E-state index in [9.17, 15) is 4.79 Å². The first-order valence-electron chi connectivity index (χ1n) is 9.97. The Morgan fingerprint density at radius 1 is 1.24 bits per heavy atom. The number of nitrogens with one attached hydrogen (secondary N) is 1. The monoisotopic (exact) mass is 405 g/mol. The molecule has 150 valence electrons. The van der Waals surface area contributed by atoms with Gasteiger partial charge in [0.1, 0.15) is 0 Å². The third-order valence-corrected chi connectivity index (χ3v) is 6.85. The first-order valence-corrected chi connectivity index (χ1v) is 10.8. The van der Waals surface area contributed by atoms with Crippen molar-refractivity contribution in [3.05, 3.63) is 64.1 Å². The minimum Gasteiger partial charge on any atom is -0.369 e. The van der Waals surface area contributed by atoms with Gasteiger partial charge in [-0.1, -0.05) is 31.2 Å². The quantitative estimate of drug-likeness (QED) is 0.661. The van der Waals surface area contributed by atoms with E-state index in [2.05, 4.69) is 61.2 Å². The second kappa shape index (κ2) is 7.38. The number of aliphatic imine (C=N–C) groups is 1. The summed E-state index contributed by atoms with van der Waals surface area (Å²) in [6.07, 6.45) is 3.08. The van der Waals surface area contributed by atoms with Gasteiger partial charge >= 0.3 is 0 Å². The molecule has 2 aromatic rings. The molecule has 2 aliphatic rings. The van der Waals surface area contributed by atoms with Gasteiger partial charge in [-0.15, -0.1) is 0 Å². The van der Waals surface area contributed by atoms with Gasteiger partial charge in [-0.3, -0.25) is 4.79 Å². The Morgan fingerprint density at radius 2 is 2.00 bits per heavy atom. The Bertz CT molecular complexity index is 1040. The summed E-state index contributed by atoms with van der Waals surface area (Å²) in [5, 5.41) is 3.51. The van der Waals surface area contributed by atoms with Gasteiger partial charge in [0, 0.05) is 18.3 Å². The average Bonchev–Trinajstić information content (AvgIpc) is 3.00. The Hall–Kier alpha value is -2.53. The molecule has 4 nitrogen and oxygen atoms in total. The zero-order chi connectivity index (χ0) is 20.8. The van der Waals surface area contributed by atoms with Crippen LogP contribution >= 0.6 is 11.8 Å². The lowest BCUT2D eigenvalue weighted by Crippen LogP contribution is -2.45. The van der Waals surface area contributed by atoms with Crippen LogP contribution in [-0.4, -0.2) is 23.7 Å². The van der Waals surface area contributed by atoms with Crippen molar-refractivity contribution < 1.29 is 4.79 Å². The van der Waals surface area contributed by atoms with Gasteiger partial charge in [-0.05, 0) is 85.8 Å². The van der Waals surface area contributed by atoms with E-state index in [-0.39, 0.29) is 11.4 Å². The normalized spacial score (nSPS) is 23.4. The molecule has 1 fully saturated rings. The van der Waals surface area contributed by atoms with Gasteiger partial charge in [-0.25, -0.2) is 4.99 Å². The van der Waals surface area contributed by atoms with Crippen molar-refractivity contribution in [1.82, 2.24) is 5.32 Å². The largest absolute Gasteiger partial charge is 0.369 e. The highest BCUT2D eigenvalue weighted by atomic mass is 32.2. The number of amidine groups is 1. The predicted molar refractivity (Wildman–Crippen MR) is 124 cm³/mol. The fourth-order valence-electron chi connectivity index (χ4n) is 4.12. The molecule has 4 rings (SSSR count). The van der Waals surface area contributed by atoms with E-state index in [1.54, 1.807) is 0 Å². The summed E-state index contributed by atoms with van der Waals surface area (Å²) in [4.78, 5) is 20.1. The lowest BCUT2D eigenvalue weighted by molar-refractivity contribution is -0.115. The van der Waals surface area contributed by atoms with Crippen LogP contribution < -0.4 is 10.2 Å². The van der Waals surface area contributed by atoms with Gasteiger partial charge in [-0.2, -0.15) is 0 Å². The highest BCUT2D eigenvalue weighted by Gasteiger charge is 2.34. The standard InChI is InChI=1S/C24H27N3OS/c1-15-8-6-7-9-19(15)25-23-26-22(28)21(29-23)13-17-10-11-20-18(12-17)16(2)14-24(3,4)27(20)5/h6-13,16H,14H2,1-5H3,(H,25,26,28)/b21-13-. The van der Waals surface area contributed by atoms with Crippen molar-refractivity contribution >= 4 is 40.3 Å². The van der Waals surface area contributed by atoms with Crippen molar-refractivity contribution in [2.24, 2.45) is 4.99 Å².